The van der Waals surface area contributed by atoms with Crippen LogP contribution in [0.2, 0.25) is 0 Å². The van der Waals surface area contributed by atoms with Gasteiger partial charge in [-0.05, 0) is 0 Å². The van der Waals surface area contributed by atoms with Crippen LogP contribution in [0.4, 0.5) is 0 Å². The molecular weight excluding hydrogens is 457 g/mol. The van der Waals surface area contributed by atoms with Gasteiger partial charge in [-0.2, -0.15) is 0 Å². The molecule has 0 heterocycles. The van der Waals surface area contributed by atoms with E-state index in [0.29, 0.717) is 0 Å². The molecular formula is HBIPS9. The van der Waals surface area contributed by atoms with Crippen molar-refractivity contribution in [3.05, 3.63) is 0 Å². The Morgan fingerprint density at radius 3 is 2.33 bits per heavy atom. The van der Waals surface area contributed by atoms with Gasteiger partial charge >= 0.3 is 122 Å². The summed E-state index contributed by atoms with van der Waals surface area (Å²) < 4.78 is -0.688. The Balaban J connectivity index is 3.74. The quantitative estimate of drug-likeness (QED) is 0.152. The van der Waals surface area contributed by atoms with Crippen molar-refractivity contribution in [3.63, 3.8) is 0 Å². The first-order valence-electron chi connectivity index (χ1n) is 1.96. The van der Waals surface area contributed by atoms with Gasteiger partial charge < -0.3 is 0 Å². The average molecular weight is 458 g/mol. The third-order valence-electron chi connectivity index (χ3n) is 0.413. The zero-order valence-corrected chi connectivity index (χ0v) is 15.6. The van der Waals surface area contributed by atoms with Gasteiger partial charge in [-0.25, -0.2) is 0 Å². The summed E-state index contributed by atoms with van der Waals surface area (Å²) >= 11 is 16.5. The molecule has 1 unspecified atom stereocenters. The Bertz CT molecular complexity index is 269. The fourth-order valence-corrected chi connectivity index (χ4v) is 24.7. The SMILES string of the molecule is B#P(I)S(=S)(=S)SSSSSS. The molecule has 0 amide bonds. The van der Waals surface area contributed by atoms with Crippen LogP contribution in [0.5, 0.6) is 0 Å². The van der Waals surface area contributed by atoms with Gasteiger partial charge in [-0.15, -0.1) is 0 Å². The second-order valence-corrected chi connectivity index (χ2v) is 28.0. The third kappa shape index (κ3) is 8.17. The normalized spacial score (nSPS) is 13.2. The van der Waals surface area contributed by atoms with E-state index in [0.717, 1.165) is 0 Å². The zero-order valence-electron chi connectivity index (χ0n) is 5.12. The van der Waals surface area contributed by atoms with E-state index in [1.807, 2.05) is 0 Å². The van der Waals surface area contributed by atoms with Crippen molar-refractivity contribution in [1.82, 2.24) is 0 Å². The maximum absolute atomic E-state index is 5.69. The molecule has 0 N–H and O–H groups in total. The molecule has 0 spiro atoms. The molecule has 0 saturated carbocycles. The van der Waals surface area contributed by atoms with Crippen LogP contribution in [-0.2, 0) is 28.2 Å². The molecule has 0 aromatic carbocycles. The van der Waals surface area contributed by atoms with Gasteiger partial charge in [0.15, 0.2) is 0 Å². The standard InChI is InChI=1S/BHIPS9/c1-3(2)12(5,6)11-10-9-8-7-4/h4H. The molecule has 0 fully saturated rings. The molecule has 0 aliphatic rings. The minimum atomic E-state index is -1.47. The number of hydrogen-bond acceptors (Lipinski definition) is 8. The van der Waals surface area contributed by atoms with Crippen molar-refractivity contribution in [2.75, 3.05) is 0 Å². The first-order valence-corrected chi connectivity index (χ1v) is 18.0. The second-order valence-electron chi connectivity index (χ2n) is 1.05. The van der Waals surface area contributed by atoms with Crippen molar-refractivity contribution in [2.45, 2.75) is 0 Å². The van der Waals surface area contributed by atoms with Gasteiger partial charge in [-0.3, -0.25) is 0 Å². The number of halogens is 1. The van der Waals surface area contributed by atoms with Crippen LogP contribution in [-0.4, -0.2) is 7.01 Å². The molecule has 70 valence electrons. The number of hydrogen-bond donors (Lipinski definition) is 1. The molecule has 0 aliphatic carbocycles. The molecule has 0 aliphatic heterocycles. The van der Waals surface area contributed by atoms with Crippen LogP contribution < -0.4 is 0 Å². The van der Waals surface area contributed by atoms with Crippen LogP contribution in [0.3, 0.4) is 0 Å². The van der Waals surface area contributed by atoms with Crippen molar-refractivity contribution < 1.29 is 0 Å². The Kier molecular flexibility index (Phi) is 12.1. The summed E-state index contributed by atoms with van der Waals surface area (Å²) in [5.74, 6) is -1.47. The molecule has 12 heavy (non-hydrogen) atoms. The summed E-state index contributed by atoms with van der Waals surface area (Å²) in [5.41, 5.74) is 0. The maximum atomic E-state index is 5.69. The molecule has 1 atom stereocenters. The minimum absolute atomic E-state index is 0.688. The summed E-state index contributed by atoms with van der Waals surface area (Å²) in [6, 6.07) is 0. The molecule has 0 rings (SSSR count). The van der Waals surface area contributed by atoms with Gasteiger partial charge in [0.05, 0.1) is 0 Å². The summed E-state index contributed by atoms with van der Waals surface area (Å²) in [5, 5.41) is 0. The Morgan fingerprint density at radius 2 is 1.92 bits per heavy atom. The zero-order chi connectivity index (χ0) is 9.61. The topological polar surface area (TPSA) is 0 Å². The predicted molar refractivity (Wildman–Crippen MR) is 95.7 cm³/mol. The van der Waals surface area contributed by atoms with Crippen molar-refractivity contribution in [2.24, 2.45) is 0 Å². The van der Waals surface area contributed by atoms with Gasteiger partial charge in [0.2, 0.25) is 0 Å². The van der Waals surface area contributed by atoms with Crippen LogP contribution >= 0.6 is 86.9 Å². The van der Waals surface area contributed by atoms with Crippen molar-refractivity contribution >= 4 is 122 Å². The summed E-state index contributed by atoms with van der Waals surface area (Å²) in [6.45, 7) is 0. The van der Waals surface area contributed by atoms with Gasteiger partial charge in [-0.1, -0.05) is 0 Å². The second kappa shape index (κ2) is 9.06. The fraction of sp³-hybridized carbons (Fsp3) is 0. The molecule has 0 radical (unpaired) electrons. The van der Waals surface area contributed by atoms with E-state index in [1.54, 1.807) is 39.3 Å². The fourth-order valence-electron chi connectivity index (χ4n) is 0.0993. The van der Waals surface area contributed by atoms with E-state index in [2.05, 4.69) is 33.7 Å². The summed E-state index contributed by atoms with van der Waals surface area (Å²) in [7, 11) is 13.5. The first kappa shape index (κ1) is 16.0. The molecule has 0 bridgehead atoms. The van der Waals surface area contributed by atoms with E-state index < -0.39 is 9.88 Å². The molecule has 12 heteroatoms. The summed E-state index contributed by atoms with van der Waals surface area (Å²) in [4.78, 5) is 0. The van der Waals surface area contributed by atoms with E-state index in [4.69, 9.17) is 29.4 Å². The molecule has 0 saturated heterocycles. The van der Waals surface area contributed by atoms with Crippen molar-refractivity contribution in [3.8, 4) is 0 Å². The Labute approximate surface area is 120 Å². The average Bonchev–Trinajstić information content (AvgIpc) is 1.98. The number of rotatable bonds is 5. The van der Waals surface area contributed by atoms with Gasteiger partial charge in [0.25, 0.3) is 0 Å². The van der Waals surface area contributed by atoms with Crippen molar-refractivity contribution in [1.29, 1.82) is 0 Å². The van der Waals surface area contributed by atoms with E-state index in [1.165, 1.54) is 9.83 Å². The first-order chi connectivity index (χ1) is 5.50. The van der Waals surface area contributed by atoms with E-state index in [9.17, 15) is 0 Å². The predicted octanol–water partition coefficient (Wildman–Crippen LogP) is 4.98. The molecule has 0 aromatic rings. The summed E-state index contributed by atoms with van der Waals surface area (Å²) in [6.07, 6.45) is 0. The van der Waals surface area contributed by atoms with Crippen LogP contribution in [0.15, 0.2) is 0 Å². The van der Waals surface area contributed by atoms with Crippen LogP contribution in [0.1, 0.15) is 0 Å². The Morgan fingerprint density at radius 1 is 1.33 bits per heavy atom. The molecule has 0 nitrogen and oxygen atoms in total. The van der Waals surface area contributed by atoms with Crippen LogP contribution in [0, 0.1) is 0 Å². The van der Waals surface area contributed by atoms with Gasteiger partial charge in [0.1, 0.15) is 0 Å². The van der Waals surface area contributed by atoms with E-state index >= 15 is 0 Å². The Hall–Kier alpha value is 3.98. The van der Waals surface area contributed by atoms with E-state index in [-0.39, 0.29) is 0 Å². The van der Waals surface area contributed by atoms with Gasteiger partial charge in [0, 0.05) is 0 Å². The van der Waals surface area contributed by atoms with Crippen LogP contribution in [0.25, 0.3) is 0 Å². The third-order valence-corrected chi connectivity index (χ3v) is 35.0. The molecule has 0 aromatic heterocycles. The number of thiol groups is 1. The monoisotopic (exact) mass is 458 g/mol.